The standard InChI is InChI=1S/C8H10N2O3/c11-7-4-2-5-1-3-6(8(12)13)9-10(5)7/h5H,1-4H2,(H,12,13). The number of rotatable bonds is 1. The molecule has 2 aliphatic heterocycles. The van der Waals surface area contributed by atoms with Gasteiger partial charge in [-0.15, -0.1) is 0 Å². The lowest BCUT2D eigenvalue weighted by molar-refractivity contribution is -0.130. The summed E-state index contributed by atoms with van der Waals surface area (Å²) in [6.07, 6.45) is 2.52. The van der Waals surface area contributed by atoms with Crippen LogP contribution in [0.2, 0.25) is 0 Å². The van der Waals surface area contributed by atoms with Crippen LogP contribution in [0, 0.1) is 0 Å². The Morgan fingerprint density at radius 2 is 2.15 bits per heavy atom. The van der Waals surface area contributed by atoms with Crippen molar-refractivity contribution in [3.63, 3.8) is 0 Å². The van der Waals surface area contributed by atoms with Gasteiger partial charge in [-0.25, -0.2) is 9.80 Å². The Morgan fingerprint density at radius 3 is 2.85 bits per heavy atom. The van der Waals surface area contributed by atoms with Gasteiger partial charge < -0.3 is 5.11 Å². The normalized spacial score (nSPS) is 27.1. The number of hydrogen-bond acceptors (Lipinski definition) is 3. The summed E-state index contributed by atoms with van der Waals surface area (Å²) in [6.45, 7) is 0. The molecule has 0 aromatic heterocycles. The predicted octanol–water partition coefficient (Wildman–Crippen LogP) is 0.212. The van der Waals surface area contributed by atoms with Crippen LogP contribution in [0.3, 0.4) is 0 Å². The molecule has 2 heterocycles. The minimum Gasteiger partial charge on any atom is -0.477 e. The van der Waals surface area contributed by atoms with Gasteiger partial charge in [0.1, 0.15) is 5.71 Å². The highest BCUT2D eigenvalue weighted by molar-refractivity contribution is 6.35. The highest BCUT2D eigenvalue weighted by atomic mass is 16.4. The van der Waals surface area contributed by atoms with Crippen LogP contribution in [0.15, 0.2) is 5.10 Å². The number of nitrogens with zero attached hydrogens (tertiary/aromatic N) is 2. The molecule has 0 aromatic carbocycles. The second kappa shape index (κ2) is 2.83. The van der Waals surface area contributed by atoms with E-state index in [2.05, 4.69) is 5.10 Å². The molecule has 13 heavy (non-hydrogen) atoms. The number of carboxylic acids is 1. The molecule has 5 nitrogen and oxygen atoms in total. The maximum Gasteiger partial charge on any atom is 0.352 e. The first-order valence-electron chi connectivity index (χ1n) is 4.31. The van der Waals surface area contributed by atoms with Gasteiger partial charge in [-0.05, 0) is 12.8 Å². The Morgan fingerprint density at radius 1 is 1.46 bits per heavy atom. The van der Waals surface area contributed by atoms with Crippen molar-refractivity contribution in [1.29, 1.82) is 0 Å². The molecular formula is C8H10N2O3. The highest BCUT2D eigenvalue weighted by Crippen LogP contribution is 2.26. The summed E-state index contributed by atoms with van der Waals surface area (Å²) >= 11 is 0. The van der Waals surface area contributed by atoms with Crippen LogP contribution in [0.4, 0.5) is 0 Å². The van der Waals surface area contributed by atoms with Crippen LogP contribution >= 0.6 is 0 Å². The summed E-state index contributed by atoms with van der Waals surface area (Å²) < 4.78 is 0. The number of carbonyl (C=O) groups excluding carboxylic acids is 1. The first kappa shape index (κ1) is 8.22. The van der Waals surface area contributed by atoms with Crippen molar-refractivity contribution in [2.24, 2.45) is 5.10 Å². The van der Waals surface area contributed by atoms with Crippen LogP contribution in [0.25, 0.3) is 0 Å². The molecule has 0 bridgehead atoms. The molecule has 1 fully saturated rings. The molecule has 0 saturated carbocycles. The molecule has 1 unspecified atom stereocenters. The smallest absolute Gasteiger partial charge is 0.352 e. The van der Waals surface area contributed by atoms with E-state index in [0.717, 1.165) is 12.8 Å². The number of carbonyl (C=O) groups is 2. The minimum absolute atomic E-state index is 0.0524. The molecule has 0 aliphatic carbocycles. The van der Waals surface area contributed by atoms with E-state index in [1.54, 1.807) is 0 Å². The van der Waals surface area contributed by atoms with Gasteiger partial charge in [0, 0.05) is 12.8 Å². The molecule has 0 radical (unpaired) electrons. The molecule has 2 rings (SSSR count). The number of carboxylic acid groups (broad SMARTS) is 1. The minimum atomic E-state index is -1.02. The second-order valence-corrected chi connectivity index (χ2v) is 3.32. The summed E-state index contributed by atoms with van der Waals surface area (Å²) in [6, 6.07) is 0.149. The zero-order valence-corrected chi connectivity index (χ0v) is 7.06. The number of fused-ring (bicyclic) bond motifs is 1. The third kappa shape index (κ3) is 1.30. The molecule has 0 spiro atoms. The lowest BCUT2D eigenvalue weighted by Crippen LogP contribution is -2.35. The van der Waals surface area contributed by atoms with Crippen molar-refractivity contribution in [2.75, 3.05) is 0 Å². The predicted molar refractivity (Wildman–Crippen MR) is 44.2 cm³/mol. The van der Waals surface area contributed by atoms with Gasteiger partial charge in [0.05, 0.1) is 6.04 Å². The van der Waals surface area contributed by atoms with E-state index >= 15 is 0 Å². The first-order chi connectivity index (χ1) is 6.18. The first-order valence-corrected chi connectivity index (χ1v) is 4.31. The number of hydrogen-bond donors (Lipinski definition) is 1. The largest absolute Gasteiger partial charge is 0.477 e. The maximum atomic E-state index is 11.2. The Labute approximate surface area is 75.0 Å². The topological polar surface area (TPSA) is 70.0 Å². The Hall–Kier alpha value is -1.39. The molecule has 70 valence electrons. The third-order valence-corrected chi connectivity index (χ3v) is 2.48. The monoisotopic (exact) mass is 182 g/mol. The molecular weight excluding hydrogens is 172 g/mol. The fourth-order valence-corrected chi connectivity index (χ4v) is 1.77. The van der Waals surface area contributed by atoms with Crippen molar-refractivity contribution in [1.82, 2.24) is 5.01 Å². The van der Waals surface area contributed by atoms with Crippen molar-refractivity contribution in [3.8, 4) is 0 Å². The van der Waals surface area contributed by atoms with E-state index in [1.165, 1.54) is 5.01 Å². The van der Waals surface area contributed by atoms with Crippen LogP contribution in [-0.4, -0.2) is 33.7 Å². The van der Waals surface area contributed by atoms with Gasteiger partial charge in [0.2, 0.25) is 5.91 Å². The van der Waals surface area contributed by atoms with Crippen LogP contribution in [0.1, 0.15) is 25.7 Å². The number of aliphatic carboxylic acids is 1. The van der Waals surface area contributed by atoms with Gasteiger partial charge in [0.15, 0.2) is 0 Å². The van der Waals surface area contributed by atoms with Crippen LogP contribution < -0.4 is 0 Å². The van der Waals surface area contributed by atoms with Crippen LogP contribution in [-0.2, 0) is 9.59 Å². The Kier molecular flexibility index (Phi) is 1.79. The molecule has 2 aliphatic rings. The second-order valence-electron chi connectivity index (χ2n) is 3.32. The molecule has 5 heteroatoms. The van der Waals surface area contributed by atoms with Gasteiger partial charge >= 0.3 is 5.97 Å². The van der Waals surface area contributed by atoms with Crippen LogP contribution in [0.5, 0.6) is 0 Å². The summed E-state index contributed by atoms with van der Waals surface area (Å²) in [4.78, 5) is 21.8. The highest BCUT2D eigenvalue weighted by Gasteiger charge is 2.35. The van der Waals surface area contributed by atoms with Crippen molar-refractivity contribution >= 4 is 17.6 Å². The molecule has 1 N–H and O–H groups in total. The third-order valence-electron chi connectivity index (χ3n) is 2.48. The van der Waals surface area contributed by atoms with E-state index in [4.69, 9.17) is 5.11 Å². The molecule has 1 amide bonds. The lowest BCUT2D eigenvalue weighted by atomic mass is 10.1. The quantitative estimate of drug-likeness (QED) is 0.630. The van der Waals surface area contributed by atoms with Gasteiger partial charge in [-0.1, -0.05) is 0 Å². The van der Waals surface area contributed by atoms with Crippen molar-refractivity contribution < 1.29 is 14.7 Å². The fraction of sp³-hybridized carbons (Fsp3) is 0.625. The van der Waals surface area contributed by atoms with Gasteiger partial charge in [0.25, 0.3) is 0 Å². The zero-order chi connectivity index (χ0) is 9.42. The van der Waals surface area contributed by atoms with E-state index in [9.17, 15) is 9.59 Å². The molecule has 0 aromatic rings. The van der Waals surface area contributed by atoms with Gasteiger partial charge in [-0.2, -0.15) is 5.10 Å². The van der Waals surface area contributed by atoms with Crippen molar-refractivity contribution in [2.45, 2.75) is 31.7 Å². The van der Waals surface area contributed by atoms with E-state index < -0.39 is 5.97 Å². The summed E-state index contributed by atoms with van der Waals surface area (Å²) in [7, 11) is 0. The van der Waals surface area contributed by atoms with Crippen molar-refractivity contribution in [3.05, 3.63) is 0 Å². The average molecular weight is 182 g/mol. The zero-order valence-electron chi connectivity index (χ0n) is 7.06. The Bertz CT molecular complexity index is 298. The number of amides is 1. The summed E-state index contributed by atoms with van der Waals surface area (Å²) in [5.74, 6) is -1.07. The lowest BCUT2D eigenvalue weighted by Gasteiger charge is -2.24. The fourth-order valence-electron chi connectivity index (χ4n) is 1.77. The van der Waals surface area contributed by atoms with E-state index in [0.29, 0.717) is 12.8 Å². The number of hydrazone groups is 1. The van der Waals surface area contributed by atoms with Gasteiger partial charge in [-0.3, -0.25) is 4.79 Å². The summed E-state index contributed by atoms with van der Waals surface area (Å²) in [5, 5.41) is 13.8. The maximum absolute atomic E-state index is 11.2. The SMILES string of the molecule is O=C(O)C1=NN2C(=O)CCC2CC1. The molecule has 1 saturated heterocycles. The average Bonchev–Trinajstić information content (AvgIpc) is 2.47. The molecule has 1 atom stereocenters. The Balaban J connectivity index is 2.24. The summed E-state index contributed by atoms with van der Waals surface area (Å²) in [5.41, 5.74) is 0.103. The van der Waals surface area contributed by atoms with E-state index in [1.807, 2.05) is 0 Å². The van der Waals surface area contributed by atoms with E-state index in [-0.39, 0.29) is 17.7 Å².